The van der Waals surface area contributed by atoms with Crippen LogP contribution in [0.2, 0.25) is 0 Å². The van der Waals surface area contributed by atoms with Crippen LogP contribution in [-0.4, -0.2) is 39.9 Å². The fourth-order valence-corrected chi connectivity index (χ4v) is 4.22. The average Bonchev–Trinajstić information content (AvgIpc) is 3.21. The number of aromatic nitrogens is 2. The lowest BCUT2D eigenvalue weighted by atomic mass is 9.84. The van der Waals surface area contributed by atoms with Crippen LogP contribution in [0.4, 0.5) is 13.6 Å². The number of aliphatic hydroxyl groups is 1. The van der Waals surface area contributed by atoms with Gasteiger partial charge in [0.05, 0.1) is 29.8 Å². The molecule has 0 radical (unpaired) electrons. The maximum atomic E-state index is 14.7. The first-order valence-electron chi connectivity index (χ1n) is 11.0. The quantitative estimate of drug-likeness (QED) is 0.446. The van der Waals surface area contributed by atoms with E-state index in [0.29, 0.717) is 37.0 Å². The SMILES string of the molecule is COc1cc(F)c(CC(NC(=O)N[C@H]2CC[C@](C)(O)CC2)c2nc3ccccc3[nH]2)c(F)c1. The van der Waals surface area contributed by atoms with Crippen LogP contribution in [-0.2, 0) is 6.42 Å². The monoisotopic (exact) mass is 458 g/mol. The Morgan fingerprint density at radius 1 is 1.27 bits per heavy atom. The van der Waals surface area contributed by atoms with Gasteiger partial charge in [-0.2, -0.15) is 0 Å². The first kappa shape index (κ1) is 23.0. The number of methoxy groups -OCH3 is 1. The molecule has 4 N–H and O–H groups in total. The summed E-state index contributed by atoms with van der Waals surface area (Å²) < 4.78 is 34.2. The van der Waals surface area contributed by atoms with Crippen molar-refractivity contribution in [2.24, 2.45) is 0 Å². The van der Waals surface area contributed by atoms with Crippen molar-refractivity contribution in [2.75, 3.05) is 7.11 Å². The van der Waals surface area contributed by atoms with Crippen LogP contribution in [0.1, 0.15) is 50.0 Å². The van der Waals surface area contributed by atoms with E-state index in [2.05, 4.69) is 20.6 Å². The van der Waals surface area contributed by atoms with Gasteiger partial charge in [-0.25, -0.2) is 18.6 Å². The van der Waals surface area contributed by atoms with Gasteiger partial charge in [-0.15, -0.1) is 0 Å². The minimum Gasteiger partial charge on any atom is -0.497 e. The van der Waals surface area contributed by atoms with Crippen molar-refractivity contribution in [3.63, 3.8) is 0 Å². The summed E-state index contributed by atoms with van der Waals surface area (Å²) in [6, 6.07) is 8.21. The molecule has 1 unspecified atom stereocenters. The second-order valence-electron chi connectivity index (χ2n) is 8.85. The summed E-state index contributed by atoms with van der Waals surface area (Å²) in [5, 5.41) is 15.9. The number of nitrogens with zero attached hydrogens (tertiary/aromatic N) is 1. The number of aromatic amines is 1. The van der Waals surface area contributed by atoms with Crippen LogP contribution >= 0.6 is 0 Å². The number of nitrogens with one attached hydrogen (secondary N) is 3. The fraction of sp³-hybridized carbons (Fsp3) is 0.417. The standard InChI is InChI=1S/C24H28F2N4O3/c1-24(32)9-7-14(8-10-24)27-23(31)30-21(22-28-19-5-3-4-6-20(19)29-22)13-16-17(25)11-15(33-2)12-18(16)26/h3-6,11-12,14,21,32H,7-10,13H2,1-2H3,(H,28,29)(H2,27,30,31)/t14-,21?,24-. The lowest BCUT2D eigenvalue weighted by molar-refractivity contribution is 0.0151. The molecular weight excluding hydrogens is 430 g/mol. The maximum absolute atomic E-state index is 14.7. The van der Waals surface area contributed by atoms with Gasteiger partial charge in [0.2, 0.25) is 0 Å². The van der Waals surface area contributed by atoms with Crippen LogP contribution in [0.25, 0.3) is 11.0 Å². The van der Waals surface area contributed by atoms with Crippen molar-refractivity contribution in [3.8, 4) is 5.75 Å². The number of urea groups is 1. The third kappa shape index (κ3) is 5.42. The third-order valence-corrected chi connectivity index (χ3v) is 6.20. The molecule has 0 bridgehead atoms. The number of hydrogen-bond acceptors (Lipinski definition) is 4. The predicted molar refractivity (Wildman–Crippen MR) is 120 cm³/mol. The Bertz CT molecular complexity index is 1080. The first-order valence-corrected chi connectivity index (χ1v) is 11.0. The van der Waals surface area contributed by atoms with Gasteiger partial charge in [0.15, 0.2) is 0 Å². The smallest absolute Gasteiger partial charge is 0.315 e. The van der Waals surface area contributed by atoms with Crippen molar-refractivity contribution in [1.29, 1.82) is 0 Å². The van der Waals surface area contributed by atoms with Crippen LogP contribution in [0.15, 0.2) is 36.4 Å². The molecular formula is C24H28F2N4O3. The maximum Gasteiger partial charge on any atom is 0.315 e. The molecule has 2 aromatic carbocycles. The van der Waals surface area contributed by atoms with Crippen molar-refractivity contribution in [1.82, 2.24) is 20.6 Å². The zero-order valence-corrected chi connectivity index (χ0v) is 18.6. The predicted octanol–water partition coefficient (Wildman–Crippen LogP) is 4.13. The van der Waals surface area contributed by atoms with E-state index in [1.54, 1.807) is 6.92 Å². The summed E-state index contributed by atoms with van der Waals surface area (Å²) in [6.07, 6.45) is 2.34. The Hall–Kier alpha value is -3.20. The van der Waals surface area contributed by atoms with Crippen molar-refractivity contribution < 1.29 is 23.4 Å². The van der Waals surface area contributed by atoms with Crippen LogP contribution in [0.3, 0.4) is 0 Å². The molecule has 33 heavy (non-hydrogen) atoms. The molecule has 4 rings (SSSR count). The Morgan fingerprint density at radius 3 is 2.58 bits per heavy atom. The van der Waals surface area contributed by atoms with E-state index in [0.717, 1.165) is 17.6 Å². The molecule has 1 heterocycles. The van der Waals surface area contributed by atoms with Gasteiger partial charge in [0.1, 0.15) is 23.2 Å². The van der Waals surface area contributed by atoms with Gasteiger partial charge in [-0.3, -0.25) is 0 Å². The van der Waals surface area contributed by atoms with E-state index in [4.69, 9.17) is 4.74 Å². The number of carbonyl (C=O) groups is 1. The summed E-state index contributed by atoms with van der Waals surface area (Å²) in [5.41, 5.74) is 0.555. The molecule has 1 saturated carbocycles. The number of H-pyrrole nitrogens is 1. The number of halogens is 2. The average molecular weight is 459 g/mol. The molecule has 176 valence electrons. The second kappa shape index (κ2) is 9.35. The van der Waals surface area contributed by atoms with E-state index in [-0.39, 0.29) is 23.8 Å². The molecule has 0 aliphatic heterocycles. The summed E-state index contributed by atoms with van der Waals surface area (Å²) in [4.78, 5) is 20.5. The zero-order valence-electron chi connectivity index (χ0n) is 18.6. The highest BCUT2D eigenvalue weighted by atomic mass is 19.1. The number of amides is 2. The normalized spacial score (nSPS) is 21.5. The third-order valence-electron chi connectivity index (χ3n) is 6.20. The lowest BCUT2D eigenvalue weighted by Gasteiger charge is -2.33. The zero-order chi connectivity index (χ0) is 23.6. The molecule has 1 aliphatic carbocycles. The van der Waals surface area contributed by atoms with E-state index in [9.17, 15) is 18.7 Å². The Labute approximate surface area is 190 Å². The number of hydrogen-bond donors (Lipinski definition) is 4. The number of carbonyl (C=O) groups excluding carboxylic acids is 1. The largest absolute Gasteiger partial charge is 0.497 e. The number of imidazole rings is 1. The van der Waals surface area contributed by atoms with E-state index >= 15 is 0 Å². The summed E-state index contributed by atoms with van der Waals surface area (Å²) in [7, 11) is 1.33. The first-order chi connectivity index (χ1) is 15.7. The Balaban J connectivity index is 1.56. The van der Waals surface area contributed by atoms with E-state index < -0.39 is 29.3 Å². The minimum atomic E-state index is -0.804. The van der Waals surface area contributed by atoms with Gasteiger partial charge >= 0.3 is 6.03 Å². The number of fused-ring (bicyclic) bond motifs is 1. The highest BCUT2D eigenvalue weighted by molar-refractivity contribution is 5.76. The molecule has 1 atom stereocenters. The molecule has 9 heteroatoms. The van der Waals surface area contributed by atoms with E-state index in [1.165, 1.54) is 7.11 Å². The Morgan fingerprint density at radius 2 is 1.94 bits per heavy atom. The van der Waals surface area contributed by atoms with Crippen LogP contribution in [0.5, 0.6) is 5.75 Å². The second-order valence-corrected chi connectivity index (χ2v) is 8.85. The number of ether oxygens (including phenoxy) is 1. The van der Waals surface area contributed by atoms with E-state index in [1.807, 2.05) is 24.3 Å². The lowest BCUT2D eigenvalue weighted by Crippen LogP contribution is -2.47. The summed E-state index contributed by atoms with van der Waals surface area (Å²) in [6.45, 7) is 1.79. The highest BCUT2D eigenvalue weighted by Crippen LogP contribution is 2.28. The molecule has 0 spiro atoms. The summed E-state index contributed by atoms with van der Waals surface area (Å²) in [5.74, 6) is -1.05. The van der Waals surface area contributed by atoms with Gasteiger partial charge < -0.3 is 25.5 Å². The molecule has 1 aromatic heterocycles. The van der Waals surface area contributed by atoms with Crippen LogP contribution in [0, 0.1) is 11.6 Å². The van der Waals surface area contributed by atoms with Gasteiger partial charge in [-0.05, 0) is 44.7 Å². The summed E-state index contributed by atoms with van der Waals surface area (Å²) >= 11 is 0. The van der Waals surface area contributed by atoms with Gasteiger partial charge in [0, 0.05) is 30.2 Å². The number of para-hydroxylation sites is 2. The Kier molecular flexibility index (Phi) is 6.51. The number of benzene rings is 2. The molecule has 0 saturated heterocycles. The highest BCUT2D eigenvalue weighted by Gasteiger charge is 2.30. The molecule has 1 aliphatic rings. The molecule has 3 aromatic rings. The van der Waals surface area contributed by atoms with Crippen molar-refractivity contribution in [2.45, 2.75) is 56.7 Å². The minimum absolute atomic E-state index is 0.0768. The molecule has 7 nitrogen and oxygen atoms in total. The molecule has 2 amide bonds. The van der Waals surface area contributed by atoms with Gasteiger partial charge in [-0.1, -0.05) is 12.1 Å². The van der Waals surface area contributed by atoms with Gasteiger partial charge in [0.25, 0.3) is 0 Å². The topological polar surface area (TPSA) is 99.3 Å². The van der Waals surface area contributed by atoms with Crippen LogP contribution < -0.4 is 15.4 Å². The van der Waals surface area contributed by atoms with Crippen molar-refractivity contribution >= 4 is 17.1 Å². The molecule has 1 fully saturated rings. The fourth-order valence-electron chi connectivity index (χ4n) is 4.22. The number of rotatable bonds is 6. The van der Waals surface area contributed by atoms with Crippen molar-refractivity contribution in [3.05, 3.63) is 59.4 Å².